The Balaban J connectivity index is 1.61. The summed E-state index contributed by atoms with van der Waals surface area (Å²) in [5, 5.41) is 31.8. The largest absolute Gasteiger partial charge is 0.411 e. The maximum Gasteiger partial charge on any atom is 0.292 e. The first-order valence-electron chi connectivity index (χ1n) is 7.68. The summed E-state index contributed by atoms with van der Waals surface area (Å²) in [6.45, 7) is 0. The third-order valence-electron chi connectivity index (χ3n) is 3.43. The molecule has 0 aliphatic heterocycles. The number of aromatic nitrogens is 2. The van der Waals surface area contributed by atoms with Crippen LogP contribution >= 0.6 is 11.8 Å². The number of hydrogen-bond donors (Lipinski definition) is 1. The van der Waals surface area contributed by atoms with Crippen molar-refractivity contribution in [1.29, 1.82) is 0 Å². The molecule has 1 aromatic heterocycles. The van der Waals surface area contributed by atoms with Crippen LogP contribution < -0.4 is 5.32 Å². The molecule has 11 nitrogen and oxygen atoms in total. The lowest BCUT2D eigenvalue weighted by atomic mass is 10.2. The highest BCUT2D eigenvalue weighted by Gasteiger charge is 2.16. The number of carbonyl (C=O) groups excluding carboxylic acids is 1. The predicted molar refractivity (Wildman–Crippen MR) is 98.8 cm³/mol. The molecule has 0 radical (unpaired) electrons. The zero-order valence-electron chi connectivity index (χ0n) is 14.0. The van der Waals surface area contributed by atoms with Crippen LogP contribution in [-0.4, -0.2) is 31.7 Å². The monoisotopic (exact) mass is 401 g/mol. The first kappa shape index (κ1) is 19.0. The van der Waals surface area contributed by atoms with Gasteiger partial charge >= 0.3 is 0 Å². The van der Waals surface area contributed by atoms with Crippen LogP contribution in [0.2, 0.25) is 0 Å². The summed E-state index contributed by atoms with van der Waals surface area (Å²) in [6.07, 6.45) is 0. The molecule has 0 aliphatic carbocycles. The van der Waals surface area contributed by atoms with Crippen LogP contribution in [0, 0.1) is 20.2 Å². The van der Waals surface area contributed by atoms with Gasteiger partial charge in [0.25, 0.3) is 16.6 Å². The Labute approximate surface area is 161 Å². The summed E-state index contributed by atoms with van der Waals surface area (Å²) < 4.78 is 5.42. The number of amides is 1. The normalized spacial score (nSPS) is 10.4. The van der Waals surface area contributed by atoms with E-state index >= 15 is 0 Å². The van der Waals surface area contributed by atoms with E-state index in [4.69, 9.17) is 4.42 Å². The number of anilines is 1. The van der Waals surface area contributed by atoms with Crippen molar-refractivity contribution >= 4 is 34.7 Å². The number of nitrogens with one attached hydrogen (secondary N) is 1. The van der Waals surface area contributed by atoms with E-state index in [2.05, 4.69) is 15.5 Å². The smallest absolute Gasteiger partial charge is 0.292 e. The maximum atomic E-state index is 12.0. The number of rotatable bonds is 7. The number of thioether (sulfide) groups is 1. The molecule has 2 aromatic carbocycles. The molecule has 0 aliphatic rings. The molecule has 12 heteroatoms. The van der Waals surface area contributed by atoms with Gasteiger partial charge in [-0.05, 0) is 18.2 Å². The number of nitro groups is 2. The molecule has 28 heavy (non-hydrogen) atoms. The summed E-state index contributed by atoms with van der Waals surface area (Å²) in [5.74, 6) is -0.431. The number of carbonyl (C=O) groups is 1. The van der Waals surface area contributed by atoms with Crippen LogP contribution in [0.3, 0.4) is 0 Å². The zero-order chi connectivity index (χ0) is 20.1. The van der Waals surface area contributed by atoms with E-state index in [1.807, 2.05) is 0 Å². The molecular weight excluding hydrogens is 390 g/mol. The number of hydrogen-bond acceptors (Lipinski definition) is 9. The molecule has 0 unspecified atom stereocenters. The van der Waals surface area contributed by atoms with Gasteiger partial charge in [-0.1, -0.05) is 23.9 Å². The number of non-ortho nitro benzene ring substituents is 1. The topological polar surface area (TPSA) is 154 Å². The summed E-state index contributed by atoms with van der Waals surface area (Å²) in [4.78, 5) is 32.5. The zero-order valence-corrected chi connectivity index (χ0v) is 14.8. The van der Waals surface area contributed by atoms with Gasteiger partial charge in [-0.25, -0.2) is 0 Å². The summed E-state index contributed by atoms with van der Waals surface area (Å²) in [6, 6.07) is 11.4. The minimum absolute atomic E-state index is 0.0652. The average molecular weight is 401 g/mol. The van der Waals surface area contributed by atoms with Gasteiger partial charge in [0, 0.05) is 23.8 Å². The van der Waals surface area contributed by atoms with Crippen LogP contribution in [0.1, 0.15) is 0 Å². The summed E-state index contributed by atoms with van der Waals surface area (Å²) >= 11 is 0.955. The molecule has 1 heterocycles. The van der Waals surface area contributed by atoms with Crippen LogP contribution in [0.15, 0.2) is 58.2 Å². The lowest BCUT2D eigenvalue weighted by Gasteiger charge is -2.04. The second-order valence-corrected chi connectivity index (χ2v) is 6.21. The first-order chi connectivity index (χ1) is 13.4. The number of nitrogens with zero attached hydrogens (tertiary/aromatic N) is 4. The summed E-state index contributed by atoms with van der Waals surface area (Å²) in [7, 11) is 0. The highest BCUT2D eigenvalue weighted by molar-refractivity contribution is 7.99. The fraction of sp³-hybridized carbons (Fsp3) is 0.0625. The standard InChI is InChI=1S/C16H11N5O6S/c22-14(17-12-3-1-2-4-13(12)21(25)26)9-28-16-19-18-15(27-16)10-5-7-11(8-6-10)20(23)24/h1-8H,9H2,(H,17,22). The van der Waals surface area contributed by atoms with Gasteiger partial charge < -0.3 is 9.73 Å². The number of nitro benzene ring substituents is 2. The van der Waals surface area contributed by atoms with Crippen LogP contribution in [0.25, 0.3) is 11.5 Å². The van der Waals surface area contributed by atoms with Gasteiger partial charge in [0.1, 0.15) is 5.69 Å². The Bertz CT molecular complexity index is 1040. The van der Waals surface area contributed by atoms with E-state index in [1.165, 1.54) is 42.5 Å². The molecule has 3 rings (SSSR count). The third kappa shape index (κ3) is 4.48. The SMILES string of the molecule is O=C(CSc1nnc(-c2ccc([N+](=O)[O-])cc2)o1)Nc1ccccc1[N+](=O)[O-]. The average Bonchev–Trinajstić information content (AvgIpc) is 3.16. The van der Waals surface area contributed by atoms with Gasteiger partial charge in [-0.15, -0.1) is 10.2 Å². The van der Waals surface area contributed by atoms with Crippen molar-refractivity contribution in [3.63, 3.8) is 0 Å². The molecule has 0 atom stereocenters. The van der Waals surface area contributed by atoms with Gasteiger partial charge in [0.05, 0.1) is 15.6 Å². The molecule has 1 amide bonds. The van der Waals surface area contributed by atoms with E-state index in [9.17, 15) is 25.0 Å². The van der Waals surface area contributed by atoms with Crippen molar-refractivity contribution in [3.8, 4) is 11.5 Å². The van der Waals surface area contributed by atoms with E-state index in [1.54, 1.807) is 6.07 Å². The van der Waals surface area contributed by atoms with Gasteiger partial charge in [0.2, 0.25) is 11.8 Å². The highest BCUT2D eigenvalue weighted by Crippen LogP contribution is 2.26. The summed E-state index contributed by atoms with van der Waals surface area (Å²) in [5.41, 5.74) is 0.313. The second kappa shape index (κ2) is 8.26. The van der Waals surface area contributed by atoms with Crippen LogP contribution in [-0.2, 0) is 4.79 Å². The van der Waals surface area contributed by atoms with Crippen LogP contribution in [0.4, 0.5) is 17.1 Å². The van der Waals surface area contributed by atoms with Crippen molar-refractivity contribution in [2.45, 2.75) is 5.22 Å². The molecule has 0 saturated carbocycles. The first-order valence-corrected chi connectivity index (χ1v) is 8.67. The van der Waals surface area contributed by atoms with E-state index in [0.29, 0.717) is 5.56 Å². The fourth-order valence-corrected chi connectivity index (χ4v) is 2.73. The van der Waals surface area contributed by atoms with Gasteiger partial charge in [-0.3, -0.25) is 25.0 Å². The van der Waals surface area contributed by atoms with Crippen LogP contribution in [0.5, 0.6) is 0 Å². The maximum absolute atomic E-state index is 12.0. The van der Waals surface area contributed by atoms with Crippen molar-refractivity contribution in [3.05, 3.63) is 68.8 Å². The molecule has 3 aromatic rings. The Morgan fingerprint density at radius 3 is 2.43 bits per heavy atom. The minimum Gasteiger partial charge on any atom is -0.411 e. The Hall–Kier alpha value is -3.80. The van der Waals surface area contributed by atoms with Gasteiger partial charge in [-0.2, -0.15) is 0 Å². The van der Waals surface area contributed by atoms with Crippen molar-refractivity contribution in [2.75, 3.05) is 11.1 Å². The van der Waals surface area contributed by atoms with Crippen molar-refractivity contribution in [2.24, 2.45) is 0 Å². The fourth-order valence-electron chi connectivity index (χ4n) is 2.16. The molecular formula is C16H11N5O6S. The van der Waals surface area contributed by atoms with Crippen molar-refractivity contribution in [1.82, 2.24) is 10.2 Å². The second-order valence-electron chi connectivity index (χ2n) is 5.29. The molecule has 0 saturated heterocycles. The number of para-hydroxylation sites is 2. The molecule has 142 valence electrons. The molecule has 1 N–H and O–H groups in total. The quantitative estimate of drug-likeness (QED) is 0.356. The highest BCUT2D eigenvalue weighted by atomic mass is 32.2. The Morgan fingerprint density at radius 2 is 1.75 bits per heavy atom. The van der Waals surface area contributed by atoms with E-state index in [-0.39, 0.29) is 33.9 Å². The van der Waals surface area contributed by atoms with E-state index < -0.39 is 15.8 Å². The molecule has 0 spiro atoms. The Kier molecular flexibility index (Phi) is 5.60. The number of benzene rings is 2. The predicted octanol–water partition coefficient (Wildman–Crippen LogP) is 3.28. The third-order valence-corrected chi connectivity index (χ3v) is 4.25. The minimum atomic E-state index is -0.586. The van der Waals surface area contributed by atoms with Gasteiger partial charge in [0.15, 0.2) is 0 Å². The van der Waals surface area contributed by atoms with E-state index in [0.717, 1.165) is 11.8 Å². The Morgan fingerprint density at radius 1 is 1.04 bits per heavy atom. The lowest BCUT2D eigenvalue weighted by molar-refractivity contribution is -0.384. The molecule has 0 bridgehead atoms. The lowest BCUT2D eigenvalue weighted by Crippen LogP contribution is -2.15. The molecule has 0 fully saturated rings. The van der Waals surface area contributed by atoms with Crippen molar-refractivity contribution < 1.29 is 19.1 Å².